The molecule has 0 radical (unpaired) electrons. The molecule has 0 aliphatic rings. The van der Waals surface area contributed by atoms with E-state index in [0.29, 0.717) is 6.61 Å². The number of benzene rings is 1. The molecule has 0 atom stereocenters. The Bertz CT molecular complexity index is 498. The van der Waals surface area contributed by atoms with Crippen LogP contribution in [0.1, 0.15) is 11.1 Å². The van der Waals surface area contributed by atoms with Crippen LogP contribution in [-0.2, 0) is 6.61 Å². The van der Waals surface area contributed by atoms with Gasteiger partial charge in [-0.25, -0.2) is 0 Å². The molecule has 4 heteroatoms. The minimum Gasteiger partial charge on any atom is -0.489 e. The lowest BCUT2D eigenvalue weighted by atomic mass is 10.2. The summed E-state index contributed by atoms with van der Waals surface area (Å²) in [6.07, 6.45) is 4.82. The van der Waals surface area contributed by atoms with Crippen LogP contribution in [0.15, 0.2) is 53.9 Å². The van der Waals surface area contributed by atoms with Gasteiger partial charge >= 0.3 is 0 Å². The molecule has 86 valence electrons. The lowest BCUT2D eigenvalue weighted by Crippen LogP contribution is -1.95. The van der Waals surface area contributed by atoms with Gasteiger partial charge in [-0.2, -0.15) is 0 Å². The summed E-state index contributed by atoms with van der Waals surface area (Å²) in [6.45, 7) is 0.488. The van der Waals surface area contributed by atoms with Gasteiger partial charge in [-0.1, -0.05) is 17.3 Å². The van der Waals surface area contributed by atoms with Gasteiger partial charge in [0.1, 0.15) is 12.4 Å². The van der Waals surface area contributed by atoms with Crippen molar-refractivity contribution in [2.45, 2.75) is 6.61 Å². The molecule has 0 aliphatic heterocycles. The van der Waals surface area contributed by atoms with Crippen LogP contribution in [-0.4, -0.2) is 16.4 Å². The largest absolute Gasteiger partial charge is 0.489 e. The molecule has 0 spiro atoms. The van der Waals surface area contributed by atoms with Crippen LogP contribution in [0.25, 0.3) is 0 Å². The van der Waals surface area contributed by atoms with E-state index in [1.54, 1.807) is 18.5 Å². The first kappa shape index (κ1) is 11.1. The lowest BCUT2D eigenvalue weighted by Gasteiger charge is -2.06. The molecule has 0 fully saturated rings. The van der Waals surface area contributed by atoms with E-state index >= 15 is 0 Å². The Kier molecular flexibility index (Phi) is 3.70. The molecule has 0 unspecified atom stereocenters. The van der Waals surface area contributed by atoms with Crippen molar-refractivity contribution in [3.8, 4) is 5.75 Å². The summed E-state index contributed by atoms with van der Waals surface area (Å²) in [5.41, 5.74) is 1.85. The Hall–Kier alpha value is -2.36. The molecule has 0 aliphatic carbocycles. The monoisotopic (exact) mass is 228 g/mol. The second kappa shape index (κ2) is 5.65. The third kappa shape index (κ3) is 3.31. The molecule has 2 aromatic rings. The highest BCUT2D eigenvalue weighted by Gasteiger charge is 1.96. The van der Waals surface area contributed by atoms with Crippen LogP contribution in [0.4, 0.5) is 0 Å². The second-order valence-electron chi connectivity index (χ2n) is 3.46. The van der Waals surface area contributed by atoms with Crippen molar-refractivity contribution in [1.82, 2.24) is 4.98 Å². The standard InChI is InChI=1S/C13H12N2O2/c16-15-9-12-2-1-3-13(8-12)17-10-11-4-6-14-7-5-11/h1-9,16H,10H2/b15-9-. The molecule has 0 saturated carbocycles. The van der Waals surface area contributed by atoms with Crippen LogP contribution in [0, 0.1) is 0 Å². The van der Waals surface area contributed by atoms with Crippen molar-refractivity contribution in [2.24, 2.45) is 5.16 Å². The Labute approximate surface area is 99.2 Å². The van der Waals surface area contributed by atoms with Crippen molar-refractivity contribution < 1.29 is 9.94 Å². The van der Waals surface area contributed by atoms with Gasteiger partial charge in [0.25, 0.3) is 0 Å². The summed E-state index contributed by atoms with van der Waals surface area (Å²) in [6, 6.07) is 11.1. The minimum absolute atomic E-state index is 0.488. The molecule has 0 amide bonds. The first-order valence-corrected chi connectivity index (χ1v) is 5.18. The molecule has 0 saturated heterocycles. The first-order chi connectivity index (χ1) is 8.38. The van der Waals surface area contributed by atoms with Gasteiger partial charge in [-0.15, -0.1) is 0 Å². The van der Waals surface area contributed by atoms with E-state index in [1.165, 1.54) is 6.21 Å². The van der Waals surface area contributed by atoms with Crippen LogP contribution >= 0.6 is 0 Å². The number of nitrogens with zero attached hydrogens (tertiary/aromatic N) is 2. The minimum atomic E-state index is 0.488. The molecule has 1 N–H and O–H groups in total. The fourth-order valence-corrected chi connectivity index (χ4v) is 1.40. The summed E-state index contributed by atoms with van der Waals surface area (Å²) in [7, 11) is 0. The van der Waals surface area contributed by atoms with Crippen LogP contribution in [0.3, 0.4) is 0 Å². The van der Waals surface area contributed by atoms with Gasteiger partial charge in [0.15, 0.2) is 0 Å². The topological polar surface area (TPSA) is 54.7 Å². The average molecular weight is 228 g/mol. The smallest absolute Gasteiger partial charge is 0.120 e. The Morgan fingerprint density at radius 1 is 1.24 bits per heavy atom. The summed E-state index contributed by atoms with van der Waals surface area (Å²) in [5, 5.41) is 11.4. The number of hydrogen-bond donors (Lipinski definition) is 1. The molecular weight excluding hydrogens is 216 g/mol. The molecule has 1 aromatic carbocycles. The SMILES string of the molecule is O/N=C\c1cccc(OCc2ccncc2)c1. The molecule has 2 rings (SSSR count). The molecular formula is C13H12N2O2. The predicted octanol–water partition coefficient (Wildman–Crippen LogP) is 2.47. The zero-order valence-corrected chi connectivity index (χ0v) is 9.15. The number of ether oxygens (including phenoxy) is 1. The van der Waals surface area contributed by atoms with Crippen molar-refractivity contribution in [2.75, 3.05) is 0 Å². The van der Waals surface area contributed by atoms with Crippen molar-refractivity contribution in [3.05, 3.63) is 59.9 Å². The van der Waals surface area contributed by atoms with E-state index in [2.05, 4.69) is 10.1 Å². The van der Waals surface area contributed by atoms with Crippen molar-refractivity contribution >= 4 is 6.21 Å². The zero-order valence-electron chi connectivity index (χ0n) is 9.15. The first-order valence-electron chi connectivity index (χ1n) is 5.18. The Balaban J connectivity index is 2.02. The van der Waals surface area contributed by atoms with Crippen LogP contribution in [0.2, 0.25) is 0 Å². The van der Waals surface area contributed by atoms with Gasteiger partial charge in [0.05, 0.1) is 6.21 Å². The van der Waals surface area contributed by atoms with Crippen LogP contribution in [0.5, 0.6) is 5.75 Å². The number of rotatable bonds is 4. The quantitative estimate of drug-likeness (QED) is 0.497. The predicted molar refractivity (Wildman–Crippen MR) is 64.4 cm³/mol. The van der Waals surface area contributed by atoms with Crippen molar-refractivity contribution in [1.29, 1.82) is 0 Å². The number of aromatic nitrogens is 1. The highest BCUT2D eigenvalue weighted by molar-refractivity contribution is 5.79. The van der Waals surface area contributed by atoms with Gasteiger partial charge in [0, 0.05) is 12.4 Å². The highest BCUT2D eigenvalue weighted by atomic mass is 16.5. The van der Waals surface area contributed by atoms with Gasteiger partial charge in [0.2, 0.25) is 0 Å². The van der Waals surface area contributed by atoms with Crippen LogP contribution < -0.4 is 4.74 Å². The highest BCUT2D eigenvalue weighted by Crippen LogP contribution is 2.13. The molecule has 17 heavy (non-hydrogen) atoms. The van der Waals surface area contributed by atoms with Gasteiger partial charge < -0.3 is 9.94 Å². The summed E-state index contributed by atoms with van der Waals surface area (Å²) in [5.74, 6) is 0.735. The van der Waals surface area contributed by atoms with E-state index in [1.807, 2.05) is 30.3 Å². The zero-order chi connectivity index (χ0) is 11.9. The third-order valence-corrected chi connectivity index (χ3v) is 2.22. The Morgan fingerprint density at radius 3 is 2.82 bits per heavy atom. The molecule has 0 bridgehead atoms. The molecule has 1 aromatic heterocycles. The molecule has 4 nitrogen and oxygen atoms in total. The maximum atomic E-state index is 8.44. The number of hydrogen-bond acceptors (Lipinski definition) is 4. The summed E-state index contributed by atoms with van der Waals surface area (Å²) >= 11 is 0. The molecule has 1 heterocycles. The maximum absolute atomic E-state index is 8.44. The van der Waals surface area contributed by atoms with E-state index in [0.717, 1.165) is 16.9 Å². The second-order valence-corrected chi connectivity index (χ2v) is 3.46. The maximum Gasteiger partial charge on any atom is 0.120 e. The summed E-state index contributed by atoms with van der Waals surface area (Å²) in [4.78, 5) is 3.94. The Morgan fingerprint density at radius 2 is 2.06 bits per heavy atom. The van der Waals surface area contributed by atoms with E-state index < -0.39 is 0 Å². The van der Waals surface area contributed by atoms with E-state index in [-0.39, 0.29) is 0 Å². The normalized spacial score (nSPS) is 10.6. The lowest BCUT2D eigenvalue weighted by molar-refractivity contribution is 0.306. The number of oxime groups is 1. The van der Waals surface area contributed by atoms with E-state index in [9.17, 15) is 0 Å². The summed E-state index contributed by atoms with van der Waals surface area (Å²) < 4.78 is 5.61. The third-order valence-electron chi connectivity index (χ3n) is 2.22. The fraction of sp³-hybridized carbons (Fsp3) is 0.0769. The number of pyridine rings is 1. The van der Waals surface area contributed by atoms with Gasteiger partial charge in [-0.3, -0.25) is 4.98 Å². The van der Waals surface area contributed by atoms with Crippen molar-refractivity contribution in [3.63, 3.8) is 0 Å². The van der Waals surface area contributed by atoms with E-state index in [4.69, 9.17) is 9.94 Å². The fourth-order valence-electron chi connectivity index (χ4n) is 1.40. The van der Waals surface area contributed by atoms with Gasteiger partial charge in [-0.05, 0) is 35.4 Å². The average Bonchev–Trinajstić information content (AvgIpc) is 2.39.